The van der Waals surface area contributed by atoms with Gasteiger partial charge in [-0.05, 0) is 40.5 Å². The molecule has 1 unspecified atom stereocenters. The van der Waals surface area contributed by atoms with E-state index in [1.807, 2.05) is 35.0 Å². The number of hydrogen-bond acceptors (Lipinski definition) is 4. The lowest BCUT2D eigenvalue weighted by atomic mass is 10.1. The van der Waals surface area contributed by atoms with Gasteiger partial charge in [-0.1, -0.05) is 19.1 Å². The molecule has 1 atom stereocenters. The maximum Gasteiger partial charge on any atom is 0.148 e. The number of hydrazine groups is 1. The van der Waals surface area contributed by atoms with Crippen LogP contribution in [0, 0.1) is 0 Å². The van der Waals surface area contributed by atoms with Gasteiger partial charge in [0.1, 0.15) is 17.4 Å². The van der Waals surface area contributed by atoms with Crippen molar-refractivity contribution in [3.8, 4) is 0 Å². The lowest BCUT2D eigenvalue weighted by molar-refractivity contribution is 0.445. The molecule has 21 heavy (non-hydrogen) atoms. The first-order valence-corrected chi connectivity index (χ1v) is 7.69. The Hall–Kier alpha value is -1.63. The fraction of sp³-hybridized carbons (Fsp3) is 0.267. The van der Waals surface area contributed by atoms with Gasteiger partial charge in [-0.15, -0.1) is 0 Å². The molecule has 0 fully saturated rings. The molecule has 2 heterocycles. The number of hydrogen-bond donors (Lipinski definition) is 2. The summed E-state index contributed by atoms with van der Waals surface area (Å²) in [5.74, 6) is 6.53. The monoisotopic (exact) mass is 348 g/mol. The van der Waals surface area contributed by atoms with Crippen molar-refractivity contribution in [1.29, 1.82) is 0 Å². The molecule has 6 heteroatoms. The number of benzene rings is 1. The Kier molecular flexibility index (Phi) is 4.10. The van der Waals surface area contributed by atoms with Gasteiger partial charge < -0.3 is 4.42 Å². The van der Waals surface area contributed by atoms with Gasteiger partial charge in [-0.25, -0.2) is 5.43 Å². The third-order valence-electron chi connectivity index (χ3n) is 3.45. The van der Waals surface area contributed by atoms with Crippen LogP contribution < -0.4 is 11.3 Å². The molecule has 0 amide bonds. The van der Waals surface area contributed by atoms with Gasteiger partial charge in [-0.2, -0.15) is 5.10 Å². The summed E-state index contributed by atoms with van der Waals surface area (Å²) in [6.07, 6.45) is 2.80. The molecule has 3 N–H and O–H groups in total. The minimum atomic E-state index is -0.224. The summed E-state index contributed by atoms with van der Waals surface area (Å²) in [5.41, 5.74) is 4.65. The molecule has 1 aromatic carbocycles. The highest BCUT2D eigenvalue weighted by atomic mass is 79.9. The zero-order valence-electron chi connectivity index (χ0n) is 11.7. The topological polar surface area (TPSA) is 69.0 Å². The molecule has 5 nitrogen and oxygen atoms in total. The highest BCUT2D eigenvalue weighted by Crippen LogP contribution is 2.31. The number of halogens is 1. The Balaban J connectivity index is 2.05. The Morgan fingerprint density at radius 3 is 3.00 bits per heavy atom. The predicted octanol–water partition coefficient (Wildman–Crippen LogP) is 3.35. The molecule has 110 valence electrons. The van der Waals surface area contributed by atoms with Crippen LogP contribution in [0.1, 0.15) is 30.8 Å². The fourth-order valence-electron chi connectivity index (χ4n) is 2.49. The Morgan fingerprint density at radius 2 is 2.29 bits per heavy atom. The van der Waals surface area contributed by atoms with Crippen LogP contribution in [0.4, 0.5) is 0 Å². The summed E-state index contributed by atoms with van der Waals surface area (Å²) < 4.78 is 8.86. The third-order valence-corrected chi connectivity index (χ3v) is 4.07. The van der Waals surface area contributed by atoms with Crippen LogP contribution >= 0.6 is 15.9 Å². The smallest absolute Gasteiger partial charge is 0.148 e. The maximum atomic E-state index is 5.98. The molecule has 3 rings (SSSR count). The number of rotatable bonds is 5. The molecule has 0 radical (unpaired) electrons. The summed E-state index contributed by atoms with van der Waals surface area (Å²) in [4.78, 5) is 0. The van der Waals surface area contributed by atoms with Crippen LogP contribution in [0.15, 0.2) is 45.4 Å². The highest BCUT2D eigenvalue weighted by molar-refractivity contribution is 9.10. The predicted molar refractivity (Wildman–Crippen MR) is 85.6 cm³/mol. The molecular weight excluding hydrogens is 332 g/mol. The van der Waals surface area contributed by atoms with E-state index in [1.165, 1.54) is 0 Å². The molecule has 0 saturated carbocycles. The van der Waals surface area contributed by atoms with Crippen LogP contribution in [0.25, 0.3) is 11.0 Å². The molecular formula is C15H17BrN4O. The summed E-state index contributed by atoms with van der Waals surface area (Å²) in [6.45, 7) is 2.97. The number of nitrogens with one attached hydrogen (secondary N) is 1. The fourth-order valence-corrected chi connectivity index (χ4v) is 2.95. The van der Waals surface area contributed by atoms with Crippen molar-refractivity contribution in [2.75, 3.05) is 0 Å². The molecule has 0 bridgehead atoms. The zero-order valence-corrected chi connectivity index (χ0v) is 13.3. The van der Waals surface area contributed by atoms with Gasteiger partial charge in [0.2, 0.25) is 0 Å². The first kappa shape index (κ1) is 14.3. The Morgan fingerprint density at radius 1 is 1.43 bits per heavy atom. The summed E-state index contributed by atoms with van der Waals surface area (Å²) in [5, 5.41) is 5.38. The van der Waals surface area contributed by atoms with E-state index in [-0.39, 0.29) is 6.04 Å². The lowest BCUT2D eigenvalue weighted by Crippen LogP contribution is -2.30. The standard InChI is InChI=1S/C15H17BrN4O/c1-2-8-20-12(6-7-18-20)14(19-17)13-9-10-4-3-5-11(16)15(10)21-13/h3-7,9,14,19H,2,8,17H2,1H3. The van der Waals surface area contributed by atoms with Gasteiger partial charge in [0.15, 0.2) is 0 Å². The summed E-state index contributed by atoms with van der Waals surface area (Å²) in [7, 11) is 0. The quantitative estimate of drug-likeness (QED) is 0.548. The van der Waals surface area contributed by atoms with Crippen LogP contribution in [-0.2, 0) is 6.54 Å². The second-order valence-corrected chi connectivity index (χ2v) is 5.74. The van der Waals surface area contributed by atoms with E-state index in [9.17, 15) is 0 Å². The number of furan rings is 1. The molecule has 0 aliphatic carbocycles. The Bertz CT molecular complexity index is 749. The summed E-state index contributed by atoms with van der Waals surface area (Å²) >= 11 is 3.51. The number of nitrogens with two attached hydrogens (primary N) is 1. The van der Waals surface area contributed by atoms with Crippen LogP contribution in [0.5, 0.6) is 0 Å². The van der Waals surface area contributed by atoms with Crippen molar-refractivity contribution in [2.24, 2.45) is 5.84 Å². The number of nitrogens with zero attached hydrogens (tertiary/aromatic N) is 2. The van der Waals surface area contributed by atoms with E-state index < -0.39 is 0 Å². The minimum absolute atomic E-state index is 0.224. The number of aryl methyl sites for hydroxylation is 1. The average Bonchev–Trinajstić information content (AvgIpc) is 3.09. The van der Waals surface area contributed by atoms with Crippen molar-refractivity contribution in [3.63, 3.8) is 0 Å². The molecule has 0 spiro atoms. The van der Waals surface area contributed by atoms with E-state index >= 15 is 0 Å². The molecule has 3 aromatic rings. The normalized spacial score (nSPS) is 12.9. The van der Waals surface area contributed by atoms with E-state index in [2.05, 4.69) is 33.4 Å². The van der Waals surface area contributed by atoms with E-state index in [4.69, 9.17) is 10.3 Å². The molecule has 0 aliphatic heterocycles. The van der Waals surface area contributed by atoms with Crippen molar-refractivity contribution >= 4 is 26.9 Å². The Labute approximate surface area is 131 Å². The van der Waals surface area contributed by atoms with Crippen LogP contribution in [0.3, 0.4) is 0 Å². The van der Waals surface area contributed by atoms with Crippen molar-refractivity contribution < 1.29 is 4.42 Å². The van der Waals surface area contributed by atoms with Crippen molar-refractivity contribution in [1.82, 2.24) is 15.2 Å². The summed E-state index contributed by atoms with van der Waals surface area (Å²) in [6, 6.07) is 9.71. The van der Waals surface area contributed by atoms with Crippen molar-refractivity contribution in [2.45, 2.75) is 25.9 Å². The van der Waals surface area contributed by atoms with Gasteiger partial charge in [0.05, 0.1) is 10.2 Å². The largest absolute Gasteiger partial charge is 0.458 e. The number of aromatic nitrogens is 2. The first-order chi connectivity index (χ1) is 10.2. The molecule has 0 aliphatic rings. The number of fused-ring (bicyclic) bond motifs is 1. The van der Waals surface area contributed by atoms with Gasteiger partial charge in [-0.3, -0.25) is 10.5 Å². The van der Waals surface area contributed by atoms with Gasteiger partial charge in [0.25, 0.3) is 0 Å². The van der Waals surface area contributed by atoms with Crippen LogP contribution in [-0.4, -0.2) is 9.78 Å². The average molecular weight is 349 g/mol. The molecule has 0 saturated heterocycles. The van der Waals surface area contributed by atoms with E-state index in [1.54, 1.807) is 6.20 Å². The maximum absolute atomic E-state index is 5.98. The SMILES string of the molecule is CCCn1nccc1C(NN)c1cc2cccc(Br)c2o1. The van der Waals surface area contributed by atoms with E-state index in [0.717, 1.165) is 39.9 Å². The lowest BCUT2D eigenvalue weighted by Gasteiger charge is -2.15. The first-order valence-electron chi connectivity index (χ1n) is 6.90. The second-order valence-electron chi connectivity index (χ2n) is 4.89. The third kappa shape index (κ3) is 2.62. The molecule has 2 aromatic heterocycles. The van der Waals surface area contributed by atoms with Gasteiger partial charge >= 0.3 is 0 Å². The second kappa shape index (κ2) is 6.01. The minimum Gasteiger partial charge on any atom is -0.458 e. The van der Waals surface area contributed by atoms with Gasteiger partial charge in [0, 0.05) is 18.1 Å². The number of para-hydroxylation sites is 1. The van der Waals surface area contributed by atoms with Crippen LogP contribution in [0.2, 0.25) is 0 Å². The highest BCUT2D eigenvalue weighted by Gasteiger charge is 2.21. The van der Waals surface area contributed by atoms with E-state index in [0.29, 0.717) is 0 Å². The van der Waals surface area contributed by atoms with Crippen molar-refractivity contribution in [3.05, 3.63) is 52.5 Å². The zero-order chi connectivity index (χ0) is 14.8.